The van der Waals surface area contributed by atoms with Crippen LogP contribution in [0.3, 0.4) is 0 Å². The van der Waals surface area contributed by atoms with Gasteiger partial charge in [0.25, 0.3) is 7.52 Å². The summed E-state index contributed by atoms with van der Waals surface area (Å²) in [5.74, 6) is 0.558. The van der Waals surface area contributed by atoms with E-state index in [0.717, 1.165) is 13.0 Å². The van der Waals surface area contributed by atoms with Gasteiger partial charge in [-0.15, -0.1) is 0 Å². The van der Waals surface area contributed by atoms with Crippen LogP contribution in [0.5, 0.6) is 0 Å². The Morgan fingerprint density at radius 3 is 2.29 bits per heavy atom. The summed E-state index contributed by atoms with van der Waals surface area (Å²) < 4.78 is 17.1. The molecule has 0 fully saturated rings. The molecule has 1 N–H and O–H groups in total. The van der Waals surface area contributed by atoms with E-state index in [1.54, 1.807) is 0 Å². The molecule has 0 aromatic carbocycles. The predicted molar refractivity (Wildman–Crippen MR) is 61.8 cm³/mol. The van der Waals surface area contributed by atoms with Gasteiger partial charge in [0, 0.05) is 19.3 Å². The van der Waals surface area contributed by atoms with Crippen molar-refractivity contribution in [1.82, 2.24) is 5.09 Å². The molecule has 0 aliphatic carbocycles. The lowest BCUT2D eigenvalue weighted by molar-refractivity contribution is 0.368. The van der Waals surface area contributed by atoms with E-state index in [0.29, 0.717) is 5.92 Å². The maximum absolute atomic E-state index is 12.1. The van der Waals surface area contributed by atoms with E-state index in [-0.39, 0.29) is 5.66 Å². The Morgan fingerprint density at radius 1 is 1.36 bits per heavy atom. The first-order valence-corrected chi connectivity index (χ1v) is 7.06. The average Bonchev–Trinajstić information content (AvgIpc) is 2.14. The van der Waals surface area contributed by atoms with E-state index in [4.69, 9.17) is 4.52 Å². The molecule has 4 heteroatoms. The molecule has 0 heterocycles. The number of hydrogen-bond donors (Lipinski definition) is 1. The quantitative estimate of drug-likeness (QED) is 0.670. The summed E-state index contributed by atoms with van der Waals surface area (Å²) in [5.41, 5.74) is 0.0429. The van der Waals surface area contributed by atoms with Gasteiger partial charge in [-0.1, -0.05) is 34.1 Å². The minimum Gasteiger partial charge on any atom is -0.321 e. The van der Waals surface area contributed by atoms with Gasteiger partial charge >= 0.3 is 0 Å². The van der Waals surface area contributed by atoms with Gasteiger partial charge in [0.15, 0.2) is 0 Å². The Bertz CT molecular complexity index is 195. The van der Waals surface area contributed by atoms with Crippen molar-refractivity contribution in [1.29, 1.82) is 0 Å². The molecule has 0 aromatic rings. The third-order valence-corrected chi connectivity index (χ3v) is 4.92. The van der Waals surface area contributed by atoms with Crippen molar-refractivity contribution in [3.8, 4) is 0 Å². The number of hydrogen-bond acceptors (Lipinski definition) is 2. The summed E-state index contributed by atoms with van der Waals surface area (Å²) in [4.78, 5) is 0. The average molecular weight is 221 g/mol. The van der Waals surface area contributed by atoms with Gasteiger partial charge in [-0.05, 0) is 12.3 Å². The molecule has 2 atom stereocenters. The summed E-state index contributed by atoms with van der Waals surface area (Å²) in [6.07, 6.45) is 2.33. The van der Waals surface area contributed by atoms with Crippen LogP contribution in [-0.4, -0.2) is 19.3 Å². The topological polar surface area (TPSA) is 38.3 Å². The van der Waals surface area contributed by atoms with Crippen LogP contribution >= 0.6 is 7.52 Å². The third-order valence-electron chi connectivity index (χ3n) is 2.39. The van der Waals surface area contributed by atoms with Crippen LogP contribution in [-0.2, 0) is 9.09 Å². The Balaban J connectivity index is 4.02. The van der Waals surface area contributed by atoms with Gasteiger partial charge in [-0.3, -0.25) is 4.57 Å². The lowest BCUT2D eigenvalue weighted by atomic mass is 10.1. The van der Waals surface area contributed by atoms with Crippen molar-refractivity contribution >= 4 is 7.52 Å². The first kappa shape index (κ1) is 14.2. The Kier molecular flexibility index (Phi) is 6.67. The molecule has 86 valence electrons. The smallest absolute Gasteiger partial charge is 0.271 e. The van der Waals surface area contributed by atoms with Crippen molar-refractivity contribution in [2.75, 3.05) is 13.7 Å². The summed E-state index contributed by atoms with van der Waals surface area (Å²) in [6, 6.07) is 0. The summed E-state index contributed by atoms with van der Waals surface area (Å²) >= 11 is 0. The zero-order chi connectivity index (χ0) is 11.2. The second-order valence-electron chi connectivity index (χ2n) is 4.13. The molecule has 14 heavy (non-hydrogen) atoms. The first-order valence-electron chi connectivity index (χ1n) is 5.36. The molecule has 0 aliphatic heterocycles. The fourth-order valence-corrected chi connectivity index (χ4v) is 2.82. The molecule has 3 nitrogen and oxygen atoms in total. The van der Waals surface area contributed by atoms with Gasteiger partial charge in [-0.2, -0.15) is 0 Å². The maximum Gasteiger partial charge on any atom is 0.271 e. The first-order chi connectivity index (χ1) is 6.46. The normalized spacial score (nSPS) is 18.1. The fourth-order valence-electron chi connectivity index (χ4n) is 1.34. The molecule has 0 amide bonds. The summed E-state index contributed by atoms with van der Waals surface area (Å²) in [7, 11) is -1.09. The molecule has 0 aromatic heterocycles. The zero-order valence-electron chi connectivity index (χ0n) is 10.0. The zero-order valence-corrected chi connectivity index (χ0v) is 10.9. The highest BCUT2D eigenvalue weighted by molar-refractivity contribution is 7.57. The maximum atomic E-state index is 12.1. The Labute approximate surface area is 88.1 Å². The molecule has 0 spiro atoms. The van der Waals surface area contributed by atoms with Gasteiger partial charge in [0.2, 0.25) is 0 Å². The molecular weight excluding hydrogens is 197 g/mol. The molecular formula is C10H24NO2P. The molecule has 0 bridgehead atoms. The van der Waals surface area contributed by atoms with E-state index in [1.165, 1.54) is 13.5 Å². The van der Waals surface area contributed by atoms with E-state index in [9.17, 15) is 4.57 Å². The van der Waals surface area contributed by atoms with Gasteiger partial charge in [-0.25, -0.2) is 5.09 Å². The summed E-state index contributed by atoms with van der Waals surface area (Å²) in [5, 5.41) is 3.06. The molecule has 0 radical (unpaired) electrons. The van der Waals surface area contributed by atoms with Crippen LogP contribution in [0.1, 0.15) is 40.5 Å². The van der Waals surface area contributed by atoms with E-state index < -0.39 is 7.52 Å². The predicted octanol–water partition coefficient (Wildman–Crippen LogP) is 3.26. The number of rotatable bonds is 7. The van der Waals surface area contributed by atoms with Crippen LogP contribution in [0.4, 0.5) is 0 Å². The monoisotopic (exact) mass is 221 g/mol. The van der Waals surface area contributed by atoms with Gasteiger partial charge in [0.05, 0.1) is 0 Å². The van der Waals surface area contributed by atoms with Crippen molar-refractivity contribution < 1.29 is 9.09 Å². The molecule has 0 rings (SSSR count). The third kappa shape index (κ3) is 4.59. The standard InChI is InChI=1S/C10H24NO2P/c1-6-7-10(4)8-11-14(12,13-5)9(2)3/h9-10H,6-8H2,1-5H3,(H,11,12). The molecule has 2 unspecified atom stereocenters. The van der Waals surface area contributed by atoms with E-state index >= 15 is 0 Å². The highest BCUT2D eigenvalue weighted by Crippen LogP contribution is 2.46. The SMILES string of the molecule is CCCC(C)CNP(=O)(OC)C(C)C. The van der Waals surface area contributed by atoms with Gasteiger partial charge in [0.1, 0.15) is 0 Å². The Hall–Kier alpha value is 0.150. The van der Waals surface area contributed by atoms with Crippen LogP contribution in [0.25, 0.3) is 0 Å². The highest BCUT2D eigenvalue weighted by atomic mass is 31.2. The van der Waals surface area contributed by atoms with Crippen LogP contribution in [0.15, 0.2) is 0 Å². The van der Waals surface area contributed by atoms with Crippen LogP contribution in [0.2, 0.25) is 0 Å². The molecule has 0 saturated carbocycles. The van der Waals surface area contributed by atoms with Gasteiger partial charge < -0.3 is 4.52 Å². The largest absolute Gasteiger partial charge is 0.321 e. The lowest BCUT2D eigenvalue weighted by Crippen LogP contribution is -2.23. The van der Waals surface area contributed by atoms with Crippen molar-refractivity contribution in [2.45, 2.75) is 46.2 Å². The fraction of sp³-hybridized carbons (Fsp3) is 1.00. The van der Waals surface area contributed by atoms with Crippen molar-refractivity contribution in [3.63, 3.8) is 0 Å². The summed E-state index contributed by atoms with van der Waals surface area (Å²) in [6.45, 7) is 8.94. The second kappa shape index (κ2) is 6.60. The highest BCUT2D eigenvalue weighted by Gasteiger charge is 2.25. The van der Waals surface area contributed by atoms with E-state index in [2.05, 4.69) is 18.9 Å². The molecule has 0 saturated heterocycles. The lowest BCUT2D eigenvalue weighted by Gasteiger charge is -2.22. The minimum absolute atomic E-state index is 0.0429. The molecule has 0 aliphatic rings. The second-order valence-corrected chi connectivity index (χ2v) is 7.04. The van der Waals surface area contributed by atoms with Crippen LogP contribution < -0.4 is 5.09 Å². The van der Waals surface area contributed by atoms with Crippen LogP contribution in [0, 0.1) is 5.92 Å². The Morgan fingerprint density at radius 2 is 1.93 bits per heavy atom. The van der Waals surface area contributed by atoms with Crippen molar-refractivity contribution in [3.05, 3.63) is 0 Å². The van der Waals surface area contributed by atoms with Crippen molar-refractivity contribution in [2.24, 2.45) is 5.92 Å². The minimum atomic E-state index is -2.60. The number of nitrogens with one attached hydrogen (secondary N) is 1. The van der Waals surface area contributed by atoms with E-state index in [1.807, 2.05) is 13.8 Å².